The maximum atomic E-state index is 12.7. The number of alkyl halides is 6. The highest BCUT2D eigenvalue weighted by Gasteiger charge is 2.36. The van der Waals surface area contributed by atoms with E-state index in [2.05, 4.69) is 15.4 Å². The third-order valence-electron chi connectivity index (χ3n) is 2.46. The molecule has 0 spiro atoms. The SMILES string of the molecule is CCOC(=O)N[C@H](Nc1cc(C(F)(F)F)ccc1Cl)C(Cl)(Cl)Cl. The number of carbonyl (C=O) groups excluding carboxylic acids is 1. The molecule has 0 saturated heterocycles. The topological polar surface area (TPSA) is 50.4 Å². The van der Waals surface area contributed by atoms with E-state index in [9.17, 15) is 18.0 Å². The highest BCUT2D eigenvalue weighted by atomic mass is 35.6. The van der Waals surface area contributed by atoms with Crippen molar-refractivity contribution in [2.75, 3.05) is 11.9 Å². The molecule has 0 saturated carbocycles. The summed E-state index contributed by atoms with van der Waals surface area (Å²) in [5.74, 6) is 0. The van der Waals surface area contributed by atoms with Crippen molar-refractivity contribution in [3.05, 3.63) is 28.8 Å². The third-order valence-corrected chi connectivity index (χ3v) is 3.44. The molecule has 0 aliphatic carbocycles. The van der Waals surface area contributed by atoms with Crippen LogP contribution in [0.2, 0.25) is 5.02 Å². The number of rotatable bonds is 4. The molecule has 1 aromatic carbocycles. The fraction of sp³-hybridized carbons (Fsp3) is 0.417. The van der Waals surface area contributed by atoms with Gasteiger partial charge in [-0.2, -0.15) is 13.2 Å². The summed E-state index contributed by atoms with van der Waals surface area (Å²) in [5.41, 5.74) is -1.13. The Hall–Kier alpha value is -0.760. The van der Waals surface area contributed by atoms with Crippen LogP contribution in [0.4, 0.5) is 23.7 Å². The first-order valence-corrected chi connectivity index (χ1v) is 7.59. The van der Waals surface area contributed by atoms with E-state index in [1.807, 2.05) is 0 Å². The number of alkyl carbamates (subject to hydrolysis) is 1. The van der Waals surface area contributed by atoms with Gasteiger partial charge in [0.1, 0.15) is 6.17 Å². The van der Waals surface area contributed by atoms with E-state index in [-0.39, 0.29) is 17.3 Å². The number of amides is 1. The van der Waals surface area contributed by atoms with Crippen molar-refractivity contribution in [2.24, 2.45) is 0 Å². The van der Waals surface area contributed by atoms with Crippen molar-refractivity contribution in [3.8, 4) is 0 Å². The molecule has 0 heterocycles. The molecule has 0 fully saturated rings. The standard InChI is InChI=1S/C12H11Cl4F3N2O2/c1-2-23-10(22)21-9(11(14,15)16)20-8-5-6(12(17,18)19)3-4-7(8)13/h3-5,9,20H,2H2,1H3,(H,21,22)/t9-/m0/s1. The Balaban J connectivity index is 3.06. The van der Waals surface area contributed by atoms with Gasteiger partial charge in [-0.25, -0.2) is 4.79 Å². The van der Waals surface area contributed by atoms with E-state index < -0.39 is 27.8 Å². The molecule has 2 N–H and O–H groups in total. The molecule has 23 heavy (non-hydrogen) atoms. The number of anilines is 1. The van der Waals surface area contributed by atoms with Crippen LogP contribution in [0.5, 0.6) is 0 Å². The molecular weight excluding hydrogens is 403 g/mol. The molecule has 1 rings (SSSR count). The zero-order chi connectivity index (χ0) is 17.8. The van der Waals surface area contributed by atoms with Crippen molar-refractivity contribution >= 4 is 58.2 Å². The first-order valence-electron chi connectivity index (χ1n) is 6.08. The van der Waals surface area contributed by atoms with Gasteiger partial charge >= 0.3 is 12.3 Å². The molecule has 0 aliphatic heterocycles. The van der Waals surface area contributed by atoms with Crippen LogP contribution in [0.25, 0.3) is 0 Å². The zero-order valence-corrected chi connectivity index (χ0v) is 14.5. The van der Waals surface area contributed by atoms with Gasteiger partial charge in [0.05, 0.1) is 22.9 Å². The lowest BCUT2D eigenvalue weighted by Crippen LogP contribution is -2.49. The van der Waals surface area contributed by atoms with Crippen LogP contribution in [0.1, 0.15) is 12.5 Å². The van der Waals surface area contributed by atoms with Gasteiger partial charge in [0.25, 0.3) is 0 Å². The van der Waals surface area contributed by atoms with E-state index in [1.54, 1.807) is 6.92 Å². The van der Waals surface area contributed by atoms with E-state index >= 15 is 0 Å². The molecule has 130 valence electrons. The third kappa shape index (κ3) is 6.33. The second kappa shape index (κ2) is 7.88. The summed E-state index contributed by atoms with van der Waals surface area (Å²) in [6.45, 7) is 1.61. The minimum absolute atomic E-state index is 0.0529. The van der Waals surface area contributed by atoms with Crippen molar-refractivity contribution in [1.29, 1.82) is 0 Å². The van der Waals surface area contributed by atoms with Crippen molar-refractivity contribution in [2.45, 2.75) is 23.1 Å². The summed E-state index contributed by atoms with van der Waals surface area (Å²) >= 11 is 23.0. The van der Waals surface area contributed by atoms with Crippen LogP contribution in [0.15, 0.2) is 18.2 Å². The Morgan fingerprint density at radius 3 is 2.39 bits per heavy atom. The molecule has 11 heteroatoms. The zero-order valence-electron chi connectivity index (χ0n) is 11.5. The van der Waals surface area contributed by atoms with E-state index in [0.29, 0.717) is 0 Å². The molecule has 0 aliphatic rings. The van der Waals surface area contributed by atoms with Crippen LogP contribution < -0.4 is 10.6 Å². The minimum atomic E-state index is -4.58. The Kier molecular flexibility index (Phi) is 6.95. The van der Waals surface area contributed by atoms with E-state index in [0.717, 1.165) is 18.2 Å². The normalized spacial score (nSPS) is 13.4. The Morgan fingerprint density at radius 2 is 1.91 bits per heavy atom. The predicted molar refractivity (Wildman–Crippen MR) is 84.3 cm³/mol. The fourth-order valence-corrected chi connectivity index (χ4v) is 1.96. The molecule has 1 amide bonds. The second-order valence-corrected chi connectivity index (χ2v) is 6.95. The number of hydrogen-bond donors (Lipinski definition) is 2. The van der Waals surface area contributed by atoms with Crippen LogP contribution in [-0.4, -0.2) is 22.7 Å². The Bertz CT molecular complexity index is 564. The fourth-order valence-electron chi connectivity index (χ4n) is 1.46. The largest absolute Gasteiger partial charge is 0.450 e. The average Bonchev–Trinajstić information content (AvgIpc) is 2.38. The van der Waals surface area contributed by atoms with E-state index in [4.69, 9.17) is 46.4 Å². The first kappa shape index (κ1) is 20.3. The van der Waals surface area contributed by atoms with Gasteiger partial charge in [-0.05, 0) is 25.1 Å². The van der Waals surface area contributed by atoms with Crippen LogP contribution in [0.3, 0.4) is 0 Å². The van der Waals surface area contributed by atoms with Crippen molar-refractivity contribution < 1.29 is 22.7 Å². The van der Waals surface area contributed by atoms with Gasteiger partial charge in [0, 0.05) is 0 Å². The first-order chi connectivity index (χ1) is 10.4. The van der Waals surface area contributed by atoms with Gasteiger partial charge in [0.15, 0.2) is 0 Å². The number of benzene rings is 1. The summed E-state index contributed by atoms with van der Waals surface area (Å²) < 4.78 is 40.8. The number of carbonyl (C=O) groups is 1. The van der Waals surface area contributed by atoms with Gasteiger partial charge in [-0.3, -0.25) is 5.32 Å². The number of ether oxygens (including phenoxy) is 1. The van der Waals surface area contributed by atoms with Crippen LogP contribution >= 0.6 is 46.4 Å². The van der Waals surface area contributed by atoms with Crippen LogP contribution in [0, 0.1) is 0 Å². The molecule has 0 radical (unpaired) electrons. The van der Waals surface area contributed by atoms with Gasteiger partial charge in [-0.15, -0.1) is 0 Å². The lowest BCUT2D eigenvalue weighted by molar-refractivity contribution is -0.137. The predicted octanol–water partition coefficient (Wildman–Crippen LogP) is 5.21. The van der Waals surface area contributed by atoms with Crippen molar-refractivity contribution in [1.82, 2.24) is 5.32 Å². The van der Waals surface area contributed by atoms with Gasteiger partial charge in [0.2, 0.25) is 3.79 Å². The second-order valence-electron chi connectivity index (χ2n) is 4.18. The van der Waals surface area contributed by atoms with Gasteiger partial charge in [-0.1, -0.05) is 46.4 Å². The Morgan fingerprint density at radius 1 is 1.30 bits per heavy atom. The molecule has 1 atom stereocenters. The Labute approximate surface area is 150 Å². The lowest BCUT2D eigenvalue weighted by atomic mass is 10.2. The monoisotopic (exact) mass is 412 g/mol. The summed E-state index contributed by atoms with van der Waals surface area (Å²) in [7, 11) is 0. The van der Waals surface area contributed by atoms with E-state index in [1.165, 1.54) is 0 Å². The maximum Gasteiger partial charge on any atom is 0.416 e. The number of hydrogen-bond acceptors (Lipinski definition) is 3. The lowest BCUT2D eigenvalue weighted by Gasteiger charge is -2.27. The number of halogens is 7. The summed E-state index contributed by atoms with van der Waals surface area (Å²) in [5, 5.41) is 4.58. The summed E-state index contributed by atoms with van der Waals surface area (Å²) in [4.78, 5) is 11.4. The average molecular weight is 414 g/mol. The smallest absolute Gasteiger partial charge is 0.416 e. The molecule has 0 aromatic heterocycles. The minimum Gasteiger partial charge on any atom is -0.450 e. The summed E-state index contributed by atoms with van der Waals surface area (Å²) in [6.07, 6.45) is -6.88. The van der Waals surface area contributed by atoms with Crippen LogP contribution in [-0.2, 0) is 10.9 Å². The molecular formula is C12H11Cl4F3N2O2. The van der Waals surface area contributed by atoms with Crippen molar-refractivity contribution in [3.63, 3.8) is 0 Å². The van der Waals surface area contributed by atoms with Gasteiger partial charge < -0.3 is 10.1 Å². The highest BCUT2D eigenvalue weighted by Crippen LogP contribution is 2.36. The number of nitrogens with one attached hydrogen (secondary N) is 2. The summed E-state index contributed by atoms with van der Waals surface area (Å²) in [6, 6.07) is 2.57. The quantitative estimate of drug-likeness (QED) is 0.526. The molecule has 4 nitrogen and oxygen atoms in total. The molecule has 0 bridgehead atoms. The molecule has 0 unspecified atom stereocenters. The maximum absolute atomic E-state index is 12.7. The highest BCUT2D eigenvalue weighted by molar-refractivity contribution is 6.68. The molecule has 1 aromatic rings.